The van der Waals surface area contributed by atoms with Crippen molar-refractivity contribution in [1.29, 1.82) is 0 Å². The van der Waals surface area contributed by atoms with Gasteiger partial charge in [-0.25, -0.2) is 0 Å². The predicted molar refractivity (Wildman–Crippen MR) is 154 cm³/mol. The Morgan fingerprint density at radius 1 is 1.00 bits per heavy atom. The summed E-state index contributed by atoms with van der Waals surface area (Å²) in [5.74, 6) is 1.70. The zero-order valence-electron chi connectivity index (χ0n) is 25.2. The first-order chi connectivity index (χ1) is 18.2. The molecular weight excluding hydrogens is 498 g/mol. The lowest BCUT2D eigenvalue weighted by Crippen LogP contribution is -2.56. The maximum absolute atomic E-state index is 13.1. The van der Waals surface area contributed by atoms with E-state index < -0.39 is 23.9 Å². The van der Waals surface area contributed by atoms with Crippen molar-refractivity contribution in [2.24, 2.45) is 17.6 Å². The quantitative estimate of drug-likeness (QED) is 0.0827. The van der Waals surface area contributed by atoms with Crippen LogP contribution >= 0.6 is 0 Å². The number of hydrogen-bond donors (Lipinski definition) is 4. The Labute approximate surface area is 235 Å². The third-order valence-electron chi connectivity index (χ3n) is 6.24. The number of nitrogens with zero attached hydrogens (tertiary/aromatic N) is 2. The number of hydrogen-bond acceptors (Lipinski definition) is 7. The third kappa shape index (κ3) is 13.9. The summed E-state index contributed by atoms with van der Waals surface area (Å²) in [6.07, 6.45) is 7.51. The Kier molecular flexibility index (Phi) is 17.6. The van der Waals surface area contributed by atoms with Gasteiger partial charge < -0.3 is 30.8 Å². The number of terminal acetylenes is 1. The van der Waals surface area contributed by atoms with E-state index >= 15 is 0 Å². The molecule has 224 valence electrons. The number of carbonyl (C=O) groups is 4. The minimum absolute atomic E-state index is 0.0192. The van der Waals surface area contributed by atoms with Crippen LogP contribution in [0.5, 0.6) is 0 Å². The highest BCUT2D eigenvalue weighted by atomic mass is 16.3. The zero-order valence-corrected chi connectivity index (χ0v) is 25.2. The van der Waals surface area contributed by atoms with Crippen LogP contribution in [0.25, 0.3) is 0 Å². The van der Waals surface area contributed by atoms with Gasteiger partial charge in [-0.3, -0.25) is 19.7 Å². The van der Waals surface area contributed by atoms with Gasteiger partial charge in [0.05, 0.1) is 12.6 Å². The summed E-state index contributed by atoms with van der Waals surface area (Å²) in [7, 11) is 0. The summed E-state index contributed by atoms with van der Waals surface area (Å²) in [5.41, 5.74) is 5.13. The fourth-order valence-electron chi connectivity index (χ4n) is 4.52. The largest absolute Gasteiger partial charge is 0.376 e. The lowest BCUT2D eigenvalue weighted by Gasteiger charge is -2.38. The van der Waals surface area contributed by atoms with Gasteiger partial charge in [0, 0.05) is 31.3 Å². The SMILES string of the molecule is C#CCN(C(=O)CCCNC(O)C(C(C)C)N(CCCC=O)C(=O)CCCN)C(C(=O)NC(C)(C)C)C(C)C. The average Bonchev–Trinajstić information content (AvgIpc) is 2.82. The van der Waals surface area contributed by atoms with Crippen LogP contribution in [-0.4, -0.2) is 88.9 Å². The van der Waals surface area contributed by atoms with E-state index in [1.165, 1.54) is 4.90 Å². The molecule has 10 heteroatoms. The Hall–Kier alpha value is -2.48. The molecule has 0 rings (SSSR count). The van der Waals surface area contributed by atoms with E-state index in [0.717, 1.165) is 6.29 Å². The van der Waals surface area contributed by atoms with Crippen molar-refractivity contribution in [3.8, 4) is 12.3 Å². The number of amides is 3. The second-order valence-electron chi connectivity index (χ2n) is 11.7. The van der Waals surface area contributed by atoms with Gasteiger partial charge in [-0.15, -0.1) is 6.42 Å². The fourth-order valence-corrected chi connectivity index (χ4v) is 4.52. The monoisotopic (exact) mass is 551 g/mol. The van der Waals surface area contributed by atoms with E-state index in [9.17, 15) is 24.3 Å². The molecular formula is C29H53N5O5. The molecule has 3 amide bonds. The number of aldehydes is 1. The van der Waals surface area contributed by atoms with Crippen molar-refractivity contribution in [3.05, 3.63) is 0 Å². The predicted octanol–water partition coefficient (Wildman–Crippen LogP) is 1.65. The second-order valence-corrected chi connectivity index (χ2v) is 11.7. The zero-order chi connectivity index (χ0) is 30.2. The van der Waals surface area contributed by atoms with Crippen LogP contribution in [0.3, 0.4) is 0 Å². The van der Waals surface area contributed by atoms with Crippen molar-refractivity contribution in [2.75, 3.05) is 26.2 Å². The second kappa shape index (κ2) is 18.7. The highest BCUT2D eigenvalue weighted by molar-refractivity contribution is 5.88. The molecule has 0 spiro atoms. The maximum Gasteiger partial charge on any atom is 0.243 e. The molecule has 0 fully saturated rings. The first-order valence-electron chi connectivity index (χ1n) is 14.1. The Morgan fingerprint density at radius 2 is 1.59 bits per heavy atom. The summed E-state index contributed by atoms with van der Waals surface area (Å²) in [4.78, 5) is 52.9. The number of rotatable bonds is 19. The molecule has 0 aliphatic rings. The van der Waals surface area contributed by atoms with E-state index in [4.69, 9.17) is 12.2 Å². The van der Waals surface area contributed by atoms with Gasteiger partial charge in [0.25, 0.3) is 0 Å². The van der Waals surface area contributed by atoms with E-state index in [-0.39, 0.29) is 48.9 Å². The molecule has 0 aromatic carbocycles. The fraction of sp³-hybridized carbons (Fsp3) is 0.793. The van der Waals surface area contributed by atoms with Crippen LogP contribution in [0.15, 0.2) is 0 Å². The van der Waals surface area contributed by atoms with Crippen molar-refractivity contribution in [1.82, 2.24) is 20.4 Å². The number of aliphatic hydroxyl groups is 1. The number of aliphatic hydroxyl groups excluding tert-OH is 1. The summed E-state index contributed by atoms with van der Waals surface area (Å²) in [6.45, 7) is 14.3. The van der Waals surface area contributed by atoms with Crippen LogP contribution in [0.1, 0.15) is 87.0 Å². The first-order valence-corrected chi connectivity index (χ1v) is 14.1. The van der Waals surface area contributed by atoms with Gasteiger partial charge >= 0.3 is 0 Å². The molecule has 0 aliphatic carbocycles. The van der Waals surface area contributed by atoms with Crippen LogP contribution in [0.4, 0.5) is 0 Å². The van der Waals surface area contributed by atoms with Gasteiger partial charge in [0.1, 0.15) is 18.6 Å². The molecule has 0 saturated heterocycles. The normalized spacial score (nSPS) is 13.9. The Morgan fingerprint density at radius 3 is 2.08 bits per heavy atom. The van der Waals surface area contributed by atoms with Gasteiger partial charge in [0.2, 0.25) is 17.7 Å². The molecule has 0 aromatic rings. The van der Waals surface area contributed by atoms with E-state index in [1.54, 1.807) is 4.90 Å². The number of unbranched alkanes of at least 4 members (excludes halogenated alkanes) is 1. The van der Waals surface area contributed by atoms with Crippen molar-refractivity contribution in [3.63, 3.8) is 0 Å². The molecule has 10 nitrogen and oxygen atoms in total. The average molecular weight is 552 g/mol. The minimum atomic E-state index is -1.03. The number of carbonyl (C=O) groups excluding carboxylic acids is 4. The summed E-state index contributed by atoms with van der Waals surface area (Å²) < 4.78 is 0. The van der Waals surface area contributed by atoms with Crippen LogP contribution in [-0.2, 0) is 19.2 Å². The molecule has 3 atom stereocenters. The molecule has 39 heavy (non-hydrogen) atoms. The van der Waals surface area contributed by atoms with E-state index in [1.807, 2.05) is 48.5 Å². The van der Waals surface area contributed by atoms with Gasteiger partial charge in [-0.2, -0.15) is 0 Å². The minimum Gasteiger partial charge on any atom is -0.376 e. The molecule has 0 saturated carbocycles. The highest BCUT2D eigenvalue weighted by Crippen LogP contribution is 2.18. The molecule has 3 unspecified atom stereocenters. The third-order valence-corrected chi connectivity index (χ3v) is 6.24. The van der Waals surface area contributed by atoms with Crippen LogP contribution < -0.4 is 16.4 Å². The topological polar surface area (TPSA) is 145 Å². The van der Waals surface area contributed by atoms with Crippen molar-refractivity contribution in [2.45, 2.75) is 111 Å². The maximum atomic E-state index is 13.1. The van der Waals surface area contributed by atoms with Gasteiger partial charge in [-0.05, 0) is 65.0 Å². The Bertz CT molecular complexity index is 803. The summed E-state index contributed by atoms with van der Waals surface area (Å²) >= 11 is 0. The Balaban J connectivity index is 5.36. The molecule has 0 heterocycles. The summed E-state index contributed by atoms with van der Waals surface area (Å²) in [5, 5.41) is 17.0. The van der Waals surface area contributed by atoms with E-state index in [0.29, 0.717) is 45.3 Å². The molecule has 5 N–H and O–H groups in total. The van der Waals surface area contributed by atoms with Crippen molar-refractivity contribution < 1.29 is 24.3 Å². The molecule has 0 aromatic heterocycles. The van der Waals surface area contributed by atoms with Crippen LogP contribution in [0, 0.1) is 24.2 Å². The number of nitrogens with two attached hydrogens (primary N) is 1. The first kappa shape index (κ1) is 36.5. The highest BCUT2D eigenvalue weighted by Gasteiger charge is 2.34. The lowest BCUT2D eigenvalue weighted by atomic mass is 9.98. The smallest absolute Gasteiger partial charge is 0.243 e. The molecule has 0 bridgehead atoms. The van der Waals surface area contributed by atoms with Crippen molar-refractivity contribution >= 4 is 24.0 Å². The standard InChI is InChI=1S/C29H53N5O5/c1-9-18-33(26(22(4)5)28(39)32-29(6,7)8)24(37)15-13-17-31-27(38)25(21(2)3)34(19-10-11-20-35)23(36)14-12-16-30/h1,20-22,25-27,31,38H,10-19,30H2,2-8H3,(H,32,39). The van der Waals surface area contributed by atoms with E-state index in [2.05, 4.69) is 16.6 Å². The van der Waals surface area contributed by atoms with Crippen LogP contribution in [0.2, 0.25) is 0 Å². The molecule has 0 radical (unpaired) electrons. The molecule has 0 aliphatic heterocycles. The van der Waals surface area contributed by atoms with Gasteiger partial charge in [0.15, 0.2) is 0 Å². The number of nitrogens with one attached hydrogen (secondary N) is 2. The van der Waals surface area contributed by atoms with Gasteiger partial charge in [-0.1, -0.05) is 33.6 Å². The lowest BCUT2D eigenvalue weighted by molar-refractivity contribution is -0.142. The summed E-state index contributed by atoms with van der Waals surface area (Å²) in [6, 6.07) is -1.21.